The van der Waals surface area contributed by atoms with E-state index in [1.807, 2.05) is 4.90 Å². The van der Waals surface area contributed by atoms with Gasteiger partial charge in [0.15, 0.2) is 0 Å². The van der Waals surface area contributed by atoms with Crippen LogP contribution in [0.5, 0.6) is 0 Å². The van der Waals surface area contributed by atoms with Gasteiger partial charge in [0, 0.05) is 55.3 Å². The van der Waals surface area contributed by atoms with Crippen molar-refractivity contribution in [3.8, 4) is 0 Å². The summed E-state index contributed by atoms with van der Waals surface area (Å²) in [6, 6.07) is 12.9. The second-order valence-corrected chi connectivity index (χ2v) is 11.2. The zero-order chi connectivity index (χ0) is 30.3. The number of carboxylic acids is 1. The van der Waals surface area contributed by atoms with Crippen LogP contribution in [0.4, 0.5) is 20.6 Å². The number of urea groups is 1. The van der Waals surface area contributed by atoms with Gasteiger partial charge in [0.05, 0.1) is 37.1 Å². The van der Waals surface area contributed by atoms with Gasteiger partial charge in [-0.05, 0) is 47.8 Å². The maximum absolute atomic E-state index is 13.8. The van der Waals surface area contributed by atoms with Crippen LogP contribution in [0.2, 0.25) is 0 Å². The summed E-state index contributed by atoms with van der Waals surface area (Å²) in [6.07, 6.45) is -0.291. The van der Waals surface area contributed by atoms with E-state index >= 15 is 0 Å². The number of nitrogens with zero attached hydrogens (tertiary/aromatic N) is 3. The molecule has 0 bridgehead atoms. The van der Waals surface area contributed by atoms with Crippen LogP contribution in [0, 0.1) is 5.82 Å². The molecule has 4 amide bonds. The second-order valence-electron chi connectivity index (χ2n) is 10.2. The summed E-state index contributed by atoms with van der Waals surface area (Å²) in [5.41, 5.74) is 1.30. The van der Waals surface area contributed by atoms with Crippen molar-refractivity contribution >= 4 is 46.5 Å². The lowest BCUT2D eigenvalue weighted by atomic mass is 10.1. The fourth-order valence-electron chi connectivity index (χ4n) is 5.10. The molecule has 2 fully saturated rings. The van der Waals surface area contributed by atoms with Crippen LogP contribution in [-0.2, 0) is 9.53 Å². The van der Waals surface area contributed by atoms with Gasteiger partial charge in [-0.1, -0.05) is 12.1 Å². The SMILES string of the molecule is O=C(O)CC(NC(=O)c1ccc(N2CCN(C(=O)N3CCOCC3)CC2)c(NC(=O)c2cccc(F)c2)c1)c1cccs1. The predicted octanol–water partition coefficient (Wildman–Crippen LogP) is 3.66. The van der Waals surface area contributed by atoms with Gasteiger partial charge in [0.2, 0.25) is 0 Å². The molecule has 2 aromatic carbocycles. The van der Waals surface area contributed by atoms with Crippen molar-refractivity contribution in [2.45, 2.75) is 12.5 Å². The Morgan fingerprint density at radius 3 is 2.28 bits per heavy atom. The standard InChI is InChI=1S/C30H32FN5O6S/c31-22-4-1-3-20(17-22)28(39)32-23-18-21(29(40)33-24(19-27(37)38)26-5-2-16-43-26)6-7-25(23)34-8-10-35(11-9-34)30(41)36-12-14-42-15-13-36/h1-7,16-18,24H,8-15,19H2,(H,32,39)(H,33,40)(H,37,38). The van der Waals surface area contributed by atoms with E-state index in [4.69, 9.17) is 4.74 Å². The van der Waals surface area contributed by atoms with Gasteiger partial charge in [-0.25, -0.2) is 9.18 Å². The Labute approximate surface area is 251 Å². The molecule has 0 saturated carbocycles. The third kappa shape index (κ3) is 7.48. The minimum absolute atomic E-state index is 0.0312. The highest BCUT2D eigenvalue weighted by atomic mass is 32.1. The molecule has 3 N–H and O–H groups in total. The first-order valence-corrected chi connectivity index (χ1v) is 14.8. The quantitative estimate of drug-likeness (QED) is 0.355. The Kier molecular flexibility index (Phi) is 9.52. The van der Waals surface area contributed by atoms with Gasteiger partial charge in [-0.15, -0.1) is 11.3 Å². The average Bonchev–Trinajstić information content (AvgIpc) is 3.56. The molecule has 226 valence electrons. The number of ether oxygens (including phenoxy) is 1. The van der Waals surface area contributed by atoms with Gasteiger partial charge >= 0.3 is 12.0 Å². The molecule has 1 aromatic heterocycles. The number of halogens is 1. The molecule has 2 saturated heterocycles. The lowest BCUT2D eigenvalue weighted by Crippen LogP contribution is -2.54. The normalized spacial score (nSPS) is 16.0. The molecule has 11 nitrogen and oxygen atoms in total. The first-order valence-electron chi connectivity index (χ1n) is 13.9. The summed E-state index contributed by atoms with van der Waals surface area (Å²) in [7, 11) is 0. The molecule has 0 radical (unpaired) electrons. The number of nitrogens with one attached hydrogen (secondary N) is 2. The monoisotopic (exact) mass is 609 g/mol. The number of carbonyl (C=O) groups is 4. The summed E-state index contributed by atoms with van der Waals surface area (Å²) < 4.78 is 19.2. The van der Waals surface area contributed by atoms with Crippen molar-refractivity contribution in [3.63, 3.8) is 0 Å². The molecular weight excluding hydrogens is 577 g/mol. The molecule has 0 aliphatic carbocycles. The van der Waals surface area contributed by atoms with E-state index in [1.165, 1.54) is 35.6 Å². The van der Waals surface area contributed by atoms with Crippen molar-refractivity contribution in [1.82, 2.24) is 15.1 Å². The number of carbonyl (C=O) groups excluding carboxylic acids is 3. The molecule has 3 aromatic rings. The fourth-order valence-corrected chi connectivity index (χ4v) is 5.88. The van der Waals surface area contributed by atoms with Crippen LogP contribution in [0.1, 0.15) is 38.1 Å². The lowest BCUT2D eigenvalue weighted by Gasteiger charge is -2.39. The maximum Gasteiger partial charge on any atom is 0.320 e. The Hall–Kier alpha value is -4.49. The minimum atomic E-state index is -1.05. The Morgan fingerprint density at radius 1 is 0.884 bits per heavy atom. The molecule has 2 aliphatic rings. The predicted molar refractivity (Wildman–Crippen MR) is 159 cm³/mol. The number of morpholine rings is 1. The number of anilines is 2. The van der Waals surface area contributed by atoms with E-state index in [-0.39, 0.29) is 23.6 Å². The zero-order valence-corrected chi connectivity index (χ0v) is 24.1. The van der Waals surface area contributed by atoms with Crippen molar-refractivity contribution in [1.29, 1.82) is 0 Å². The van der Waals surface area contributed by atoms with Gasteiger partial charge in [0.1, 0.15) is 5.82 Å². The summed E-state index contributed by atoms with van der Waals surface area (Å²) in [6.45, 7) is 4.06. The van der Waals surface area contributed by atoms with Crippen LogP contribution in [0.25, 0.3) is 0 Å². The number of thiophene rings is 1. The molecule has 43 heavy (non-hydrogen) atoms. The highest BCUT2D eigenvalue weighted by Gasteiger charge is 2.28. The Morgan fingerprint density at radius 2 is 1.60 bits per heavy atom. The van der Waals surface area contributed by atoms with E-state index < -0.39 is 29.6 Å². The van der Waals surface area contributed by atoms with Gasteiger partial charge in [0.25, 0.3) is 11.8 Å². The number of piperazine rings is 1. The van der Waals surface area contributed by atoms with E-state index in [1.54, 1.807) is 39.4 Å². The van der Waals surface area contributed by atoms with Crippen molar-refractivity contribution in [3.05, 3.63) is 81.8 Å². The smallest absolute Gasteiger partial charge is 0.320 e. The topological polar surface area (TPSA) is 132 Å². The number of hydrogen-bond donors (Lipinski definition) is 3. The van der Waals surface area contributed by atoms with E-state index in [2.05, 4.69) is 10.6 Å². The van der Waals surface area contributed by atoms with E-state index in [9.17, 15) is 28.7 Å². The number of rotatable bonds is 8. The maximum atomic E-state index is 13.8. The lowest BCUT2D eigenvalue weighted by molar-refractivity contribution is -0.137. The van der Waals surface area contributed by atoms with Crippen molar-refractivity contribution in [2.75, 3.05) is 62.7 Å². The van der Waals surface area contributed by atoms with Gasteiger partial charge in [-0.3, -0.25) is 14.4 Å². The van der Waals surface area contributed by atoms with Crippen LogP contribution < -0.4 is 15.5 Å². The molecular formula is C30H32FN5O6S. The largest absolute Gasteiger partial charge is 0.481 e. The number of amides is 4. The average molecular weight is 610 g/mol. The molecule has 2 aliphatic heterocycles. The molecule has 3 heterocycles. The van der Waals surface area contributed by atoms with E-state index in [0.29, 0.717) is 68.7 Å². The number of aliphatic carboxylic acids is 1. The molecule has 5 rings (SSSR count). The fraction of sp³-hybridized carbons (Fsp3) is 0.333. The molecule has 13 heteroatoms. The van der Waals surface area contributed by atoms with Crippen LogP contribution in [0.15, 0.2) is 60.0 Å². The van der Waals surface area contributed by atoms with Gasteiger partial charge in [-0.2, -0.15) is 0 Å². The van der Waals surface area contributed by atoms with Crippen molar-refractivity contribution < 1.29 is 33.4 Å². The highest BCUT2D eigenvalue weighted by Crippen LogP contribution is 2.30. The first kappa shape index (κ1) is 30.0. The van der Waals surface area contributed by atoms with Crippen LogP contribution in [-0.4, -0.2) is 91.2 Å². The summed E-state index contributed by atoms with van der Waals surface area (Å²) in [4.78, 5) is 57.2. The van der Waals surface area contributed by atoms with Crippen LogP contribution in [0.3, 0.4) is 0 Å². The Balaban J connectivity index is 1.36. The van der Waals surface area contributed by atoms with E-state index in [0.717, 1.165) is 6.07 Å². The number of carboxylic acid groups (broad SMARTS) is 1. The summed E-state index contributed by atoms with van der Waals surface area (Å²) >= 11 is 1.34. The zero-order valence-electron chi connectivity index (χ0n) is 23.3. The number of hydrogen-bond acceptors (Lipinski definition) is 7. The Bertz CT molecular complexity index is 1470. The summed E-state index contributed by atoms with van der Waals surface area (Å²) in [5.74, 6) is -2.67. The minimum Gasteiger partial charge on any atom is -0.481 e. The second kappa shape index (κ2) is 13.7. The van der Waals surface area contributed by atoms with Crippen LogP contribution >= 0.6 is 11.3 Å². The third-order valence-corrected chi connectivity index (χ3v) is 8.32. The molecule has 1 atom stereocenters. The third-order valence-electron chi connectivity index (χ3n) is 7.34. The molecule has 0 spiro atoms. The molecule has 1 unspecified atom stereocenters. The number of benzene rings is 2. The van der Waals surface area contributed by atoms with Crippen molar-refractivity contribution in [2.24, 2.45) is 0 Å². The summed E-state index contributed by atoms with van der Waals surface area (Å²) in [5, 5.41) is 16.8. The highest BCUT2D eigenvalue weighted by molar-refractivity contribution is 7.10. The first-order chi connectivity index (χ1) is 20.8. The van der Waals surface area contributed by atoms with Gasteiger partial charge < -0.3 is 35.2 Å².